The van der Waals surface area contributed by atoms with Crippen LogP contribution in [-0.4, -0.2) is 12.4 Å². The Balaban J connectivity index is 2.42. The first kappa shape index (κ1) is 12.1. The van der Waals surface area contributed by atoms with Crippen molar-refractivity contribution in [3.8, 4) is 0 Å². The molecule has 0 aromatic heterocycles. The van der Waals surface area contributed by atoms with Gasteiger partial charge in [0.05, 0.1) is 5.69 Å². The Morgan fingerprint density at radius 2 is 1.81 bits per heavy atom. The van der Waals surface area contributed by atoms with E-state index in [2.05, 4.69) is 55.8 Å². The summed E-state index contributed by atoms with van der Waals surface area (Å²) < 4.78 is 2.12. The van der Waals surface area contributed by atoms with Crippen molar-refractivity contribution in [3.05, 3.63) is 26.6 Å². The van der Waals surface area contributed by atoms with E-state index in [1.165, 1.54) is 5.56 Å². The number of benzene rings is 1. The number of anilines is 1. The smallest absolute Gasteiger partial charge is 0.100 e. The topological polar surface area (TPSA) is 27.1 Å². The molecule has 2 nitrogen and oxygen atoms in total. The largest absolute Gasteiger partial charge is 0.328 e. The van der Waals surface area contributed by atoms with Gasteiger partial charge in [-0.1, -0.05) is 0 Å². The van der Waals surface area contributed by atoms with E-state index in [0.29, 0.717) is 0 Å². The molecule has 0 spiro atoms. The minimum atomic E-state index is 0.719. The zero-order valence-corrected chi connectivity index (χ0v) is 12.4. The summed E-state index contributed by atoms with van der Waals surface area (Å²) in [4.78, 5) is 2.09. The van der Waals surface area contributed by atoms with Gasteiger partial charge in [-0.2, -0.15) is 0 Å². The summed E-state index contributed by atoms with van der Waals surface area (Å²) in [5.41, 5.74) is 2.31. The number of rotatable bonds is 1. The number of nitrogens with one attached hydrogen (secondary N) is 1. The third-order valence-electron chi connectivity index (χ3n) is 2.80. The monoisotopic (exact) mass is 344 g/mol. The van der Waals surface area contributed by atoms with Crippen LogP contribution in [0.2, 0.25) is 0 Å². The third kappa shape index (κ3) is 2.33. The van der Waals surface area contributed by atoms with E-state index in [1.54, 1.807) is 0 Å². The molecular formula is C12H14Br2N2. The number of aryl methyl sites for hydroxylation is 1. The van der Waals surface area contributed by atoms with Gasteiger partial charge in [-0.15, -0.1) is 0 Å². The molecule has 0 unspecified atom stereocenters. The molecule has 1 aliphatic rings. The van der Waals surface area contributed by atoms with Crippen LogP contribution in [0.4, 0.5) is 5.69 Å². The average molecular weight is 346 g/mol. The summed E-state index contributed by atoms with van der Waals surface area (Å²) in [5, 5.41) is 8.01. The van der Waals surface area contributed by atoms with E-state index in [9.17, 15) is 0 Å². The number of hydrogen-bond donors (Lipinski definition) is 1. The summed E-state index contributed by atoms with van der Waals surface area (Å²) >= 11 is 7.19. The highest BCUT2D eigenvalue weighted by molar-refractivity contribution is 9.11. The zero-order valence-electron chi connectivity index (χ0n) is 9.19. The van der Waals surface area contributed by atoms with Gasteiger partial charge in [-0.25, -0.2) is 0 Å². The number of piperidine rings is 1. The van der Waals surface area contributed by atoms with Gasteiger partial charge in [0, 0.05) is 21.9 Å². The third-order valence-corrected chi connectivity index (χ3v) is 4.01. The summed E-state index contributed by atoms with van der Waals surface area (Å²) in [6.07, 6.45) is 3.18. The number of nitrogens with zero attached hydrogens (tertiary/aromatic N) is 1. The molecule has 1 aromatic rings. The first-order chi connectivity index (χ1) is 7.59. The molecule has 1 aliphatic heterocycles. The van der Waals surface area contributed by atoms with Crippen LogP contribution in [0, 0.1) is 12.3 Å². The Labute approximate surface area is 113 Å². The van der Waals surface area contributed by atoms with Crippen molar-refractivity contribution in [2.45, 2.75) is 26.2 Å². The fraction of sp³-hybridized carbons (Fsp3) is 0.417. The minimum absolute atomic E-state index is 0.719. The Bertz CT molecular complexity index is 406. The second-order valence-corrected chi connectivity index (χ2v) is 5.84. The lowest BCUT2D eigenvalue weighted by atomic mass is 10.1. The molecule has 0 amide bonds. The molecule has 0 saturated carbocycles. The predicted molar refractivity (Wildman–Crippen MR) is 75.5 cm³/mol. The molecule has 86 valence electrons. The van der Waals surface area contributed by atoms with Gasteiger partial charge in [-0.05, 0) is 69.3 Å². The maximum Gasteiger partial charge on any atom is 0.100 e. The van der Waals surface area contributed by atoms with Gasteiger partial charge >= 0.3 is 0 Å². The SMILES string of the molecule is Cc1cc(Br)c(N2CCCCC2=N)c(Br)c1. The van der Waals surface area contributed by atoms with E-state index in [4.69, 9.17) is 5.41 Å². The fourth-order valence-electron chi connectivity index (χ4n) is 2.03. The van der Waals surface area contributed by atoms with Crippen molar-refractivity contribution in [1.82, 2.24) is 0 Å². The fourth-order valence-corrected chi connectivity index (χ4v) is 3.87. The van der Waals surface area contributed by atoms with Crippen molar-refractivity contribution >= 4 is 43.4 Å². The maximum atomic E-state index is 8.01. The molecule has 1 fully saturated rings. The van der Waals surface area contributed by atoms with Crippen LogP contribution in [0.1, 0.15) is 24.8 Å². The lowest BCUT2D eigenvalue weighted by Crippen LogP contribution is -2.35. The Morgan fingerprint density at radius 3 is 2.38 bits per heavy atom. The molecule has 0 bridgehead atoms. The van der Waals surface area contributed by atoms with E-state index < -0.39 is 0 Å². The molecule has 16 heavy (non-hydrogen) atoms. The van der Waals surface area contributed by atoms with Gasteiger partial charge < -0.3 is 4.90 Å². The normalized spacial score (nSPS) is 16.7. The molecule has 0 atom stereocenters. The highest BCUT2D eigenvalue weighted by Gasteiger charge is 2.21. The van der Waals surface area contributed by atoms with Crippen LogP contribution in [0.5, 0.6) is 0 Å². The highest BCUT2D eigenvalue weighted by atomic mass is 79.9. The summed E-state index contributed by atoms with van der Waals surface area (Å²) in [6.45, 7) is 3.01. The minimum Gasteiger partial charge on any atom is -0.328 e. The second kappa shape index (κ2) is 4.88. The van der Waals surface area contributed by atoms with Crippen molar-refractivity contribution < 1.29 is 0 Å². The van der Waals surface area contributed by atoms with E-state index in [-0.39, 0.29) is 0 Å². The van der Waals surface area contributed by atoms with Gasteiger partial charge in [0.1, 0.15) is 5.84 Å². The number of hydrogen-bond acceptors (Lipinski definition) is 1. The van der Waals surface area contributed by atoms with Gasteiger partial charge in [0.2, 0.25) is 0 Å². The molecule has 1 heterocycles. The summed E-state index contributed by atoms with van der Waals surface area (Å²) in [7, 11) is 0. The first-order valence-electron chi connectivity index (χ1n) is 5.40. The predicted octanol–water partition coefficient (Wildman–Crippen LogP) is 4.49. The quantitative estimate of drug-likeness (QED) is 0.797. The molecule has 1 aromatic carbocycles. The Hall–Kier alpha value is -0.350. The lowest BCUT2D eigenvalue weighted by molar-refractivity contribution is 0.706. The highest BCUT2D eigenvalue weighted by Crippen LogP contribution is 2.37. The van der Waals surface area contributed by atoms with Crippen LogP contribution in [0.15, 0.2) is 21.1 Å². The summed E-state index contributed by atoms with van der Waals surface area (Å²) in [5.74, 6) is 0.719. The average Bonchev–Trinajstić information content (AvgIpc) is 2.19. The van der Waals surface area contributed by atoms with Crippen molar-refractivity contribution in [2.75, 3.05) is 11.4 Å². The zero-order chi connectivity index (χ0) is 11.7. The van der Waals surface area contributed by atoms with Crippen molar-refractivity contribution in [3.63, 3.8) is 0 Å². The van der Waals surface area contributed by atoms with E-state index >= 15 is 0 Å². The number of halogens is 2. The van der Waals surface area contributed by atoms with Crippen LogP contribution in [0.25, 0.3) is 0 Å². The molecule has 4 heteroatoms. The standard InChI is InChI=1S/C12H14Br2N2/c1-8-6-9(13)12(10(14)7-8)16-5-3-2-4-11(16)15/h6-7,15H,2-5H2,1H3. The molecule has 1 saturated heterocycles. The summed E-state index contributed by atoms with van der Waals surface area (Å²) in [6, 6.07) is 4.20. The van der Waals surface area contributed by atoms with Crippen LogP contribution in [0.3, 0.4) is 0 Å². The molecular weight excluding hydrogens is 332 g/mol. The van der Waals surface area contributed by atoms with Gasteiger partial charge in [-0.3, -0.25) is 5.41 Å². The molecule has 2 rings (SSSR count). The first-order valence-corrected chi connectivity index (χ1v) is 6.99. The number of amidine groups is 1. The van der Waals surface area contributed by atoms with Crippen LogP contribution < -0.4 is 4.90 Å². The molecule has 0 aliphatic carbocycles. The maximum absolute atomic E-state index is 8.01. The molecule has 0 radical (unpaired) electrons. The Kier molecular flexibility index (Phi) is 3.70. The van der Waals surface area contributed by atoms with Gasteiger partial charge in [0.25, 0.3) is 0 Å². The van der Waals surface area contributed by atoms with Gasteiger partial charge in [0.15, 0.2) is 0 Å². The van der Waals surface area contributed by atoms with Crippen LogP contribution >= 0.6 is 31.9 Å². The van der Waals surface area contributed by atoms with E-state index in [0.717, 1.165) is 46.3 Å². The van der Waals surface area contributed by atoms with Crippen molar-refractivity contribution in [2.24, 2.45) is 0 Å². The molecule has 1 N–H and O–H groups in total. The van der Waals surface area contributed by atoms with E-state index in [1.807, 2.05) is 0 Å². The van der Waals surface area contributed by atoms with Crippen molar-refractivity contribution in [1.29, 1.82) is 5.41 Å². The van der Waals surface area contributed by atoms with Crippen LogP contribution in [-0.2, 0) is 0 Å². The lowest BCUT2D eigenvalue weighted by Gasteiger charge is -2.31. The second-order valence-electron chi connectivity index (χ2n) is 4.13. The Morgan fingerprint density at radius 1 is 1.19 bits per heavy atom.